The van der Waals surface area contributed by atoms with E-state index in [9.17, 15) is 18.0 Å². The van der Waals surface area contributed by atoms with Crippen molar-refractivity contribution in [2.45, 2.75) is 32.9 Å². The zero-order valence-corrected chi connectivity index (χ0v) is 17.0. The molecule has 0 bridgehead atoms. The highest BCUT2D eigenvalue weighted by Crippen LogP contribution is 2.24. The van der Waals surface area contributed by atoms with Crippen LogP contribution in [0, 0.1) is 13.8 Å². The summed E-state index contributed by atoms with van der Waals surface area (Å²) in [5.41, 5.74) is 1.73. The lowest BCUT2D eigenvalue weighted by Gasteiger charge is -2.27. The molecule has 0 N–H and O–H groups in total. The van der Waals surface area contributed by atoms with Gasteiger partial charge in [-0.15, -0.1) is 0 Å². The molecule has 7 nitrogen and oxygen atoms in total. The van der Waals surface area contributed by atoms with Crippen molar-refractivity contribution < 1.29 is 22.0 Å². The molecule has 0 saturated carbocycles. The van der Waals surface area contributed by atoms with Gasteiger partial charge in [0.05, 0.1) is 29.7 Å². The van der Waals surface area contributed by atoms with Crippen LogP contribution in [0.5, 0.6) is 0 Å². The lowest BCUT2D eigenvalue weighted by atomic mass is 10.1. The number of carbonyl (C=O) groups excluding carboxylic acids is 1. The number of rotatable bonds is 4. The third-order valence-electron chi connectivity index (χ3n) is 5.20. The molecule has 3 aromatic rings. The maximum absolute atomic E-state index is 13.3. The van der Waals surface area contributed by atoms with Crippen molar-refractivity contribution >= 4 is 26.7 Å². The van der Waals surface area contributed by atoms with E-state index in [-0.39, 0.29) is 29.2 Å². The molecule has 0 spiro atoms. The second-order valence-corrected chi connectivity index (χ2v) is 9.73. The number of hydrogen-bond donors (Lipinski definition) is 0. The third kappa shape index (κ3) is 3.85. The fourth-order valence-corrected chi connectivity index (χ4v) is 5.60. The lowest BCUT2D eigenvalue weighted by Crippen LogP contribution is -2.40. The summed E-state index contributed by atoms with van der Waals surface area (Å²) < 4.78 is 35.1. The van der Waals surface area contributed by atoms with E-state index in [4.69, 9.17) is 8.83 Å². The Hall–Kier alpha value is -2.87. The zero-order valence-electron chi connectivity index (χ0n) is 16.2. The van der Waals surface area contributed by atoms with E-state index in [1.54, 1.807) is 18.2 Å². The maximum atomic E-state index is 13.3. The molecule has 0 aliphatic carbocycles. The second-order valence-electron chi connectivity index (χ2n) is 7.50. The number of furan rings is 1. The quantitative estimate of drug-likeness (QED) is 0.650. The van der Waals surface area contributed by atoms with E-state index in [2.05, 4.69) is 0 Å². The van der Waals surface area contributed by atoms with Crippen LogP contribution in [0.1, 0.15) is 33.9 Å². The summed E-state index contributed by atoms with van der Waals surface area (Å²) in [7, 11) is -3.21. The van der Waals surface area contributed by atoms with Gasteiger partial charge in [-0.05, 0) is 49.6 Å². The highest BCUT2D eigenvalue weighted by atomic mass is 32.2. The van der Waals surface area contributed by atoms with Gasteiger partial charge in [-0.1, -0.05) is 6.07 Å². The van der Waals surface area contributed by atoms with E-state index in [0.717, 1.165) is 11.1 Å². The van der Waals surface area contributed by atoms with Gasteiger partial charge in [0.1, 0.15) is 11.3 Å². The minimum Gasteiger partial charge on any atom is -0.467 e. The summed E-state index contributed by atoms with van der Waals surface area (Å²) in [6, 6.07) is 7.70. The molecule has 2 aromatic heterocycles. The van der Waals surface area contributed by atoms with Crippen LogP contribution in [-0.2, 0) is 16.4 Å². The predicted molar refractivity (Wildman–Crippen MR) is 108 cm³/mol. The van der Waals surface area contributed by atoms with Gasteiger partial charge in [0.25, 0.3) is 5.91 Å². The van der Waals surface area contributed by atoms with Gasteiger partial charge in [-0.25, -0.2) is 8.42 Å². The van der Waals surface area contributed by atoms with Gasteiger partial charge < -0.3 is 13.7 Å². The van der Waals surface area contributed by atoms with E-state index in [1.807, 2.05) is 19.9 Å². The summed E-state index contributed by atoms with van der Waals surface area (Å²) in [4.78, 5) is 27.4. The lowest BCUT2D eigenvalue weighted by molar-refractivity contribution is 0.0634. The molecule has 8 heteroatoms. The van der Waals surface area contributed by atoms with Crippen LogP contribution in [0.2, 0.25) is 0 Å². The average Bonchev–Trinajstić information content (AvgIpc) is 3.27. The molecule has 0 radical (unpaired) electrons. The fraction of sp³-hybridized carbons (Fsp3) is 0.333. The number of hydrogen-bond acceptors (Lipinski definition) is 6. The number of fused-ring (bicyclic) bond motifs is 1. The Kier molecular flexibility index (Phi) is 4.82. The molecular formula is C21H21NO6S. The SMILES string of the molecule is Cc1cc(C)c2c(=O)cc(C(=O)N(Cc3ccco3)[C@@H]3CCS(=O)(=O)C3)oc2c1. The molecule has 29 heavy (non-hydrogen) atoms. The first-order valence-corrected chi connectivity index (χ1v) is 11.1. The molecule has 1 aliphatic rings. The van der Waals surface area contributed by atoms with Crippen molar-refractivity contribution in [1.29, 1.82) is 0 Å². The van der Waals surface area contributed by atoms with Gasteiger partial charge in [-0.2, -0.15) is 0 Å². The molecule has 3 heterocycles. The van der Waals surface area contributed by atoms with Crippen LogP contribution in [-0.4, -0.2) is 36.8 Å². The summed E-state index contributed by atoms with van der Waals surface area (Å²) in [5, 5.41) is 0.438. The standard InChI is InChI=1S/C21H21NO6S/c1-13-8-14(2)20-17(23)10-19(28-18(20)9-13)21(24)22(11-16-4-3-6-27-16)15-5-7-29(25,26)12-15/h3-4,6,8-10,15H,5,7,11-12H2,1-2H3/t15-/m1/s1. The van der Waals surface area contributed by atoms with Crippen LogP contribution in [0.3, 0.4) is 0 Å². The summed E-state index contributed by atoms with van der Waals surface area (Å²) in [5.74, 6) is -0.197. The molecule has 1 aromatic carbocycles. The van der Waals surface area contributed by atoms with Crippen LogP contribution in [0.25, 0.3) is 11.0 Å². The molecule has 1 atom stereocenters. The first kappa shape index (κ1) is 19.4. The molecule has 1 aliphatic heterocycles. The smallest absolute Gasteiger partial charge is 0.290 e. The molecule has 1 fully saturated rings. The number of aryl methyl sites for hydroxylation is 2. The van der Waals surface area contributed by atoms with E-state index in [0.29, 0.717) is 23.2 Å². The largest absolute Gasteiger partial charge is 0.467 e. The van der Waals surface area contributed by atoms with Crippen LogP contribution >= 0.6 is 0 Å². The second kappa shape index (κ2) is 7.18. The van der Waals surface area contributed by atoms with Crippen LogP contribution in [0.15, 0.2) is 50.2 Å². The van der Waals surface area contributed by atoms with Gasteiger partial charge >= 0.3 is 0 Å². The minimum atomic E-state index is -3.21. The van der Waals surface area contributed by atoms with Crippen molar-refractivity contribution in [3.63, 3.8) is 0 Å². The number of amides is 1. The fourth-order valence-electron chi connectivity index (χ4n) is 3.87. The van der Waals surface area contributed by atoms with Crippen molar-refractivity contribution in [3.8, 4) is 0 Å². The molecular weight excluding hydrogens is 394 g/mol. The maximum Gasteiger partial charge on any atom is 0.290 e. The highest BCUT2D eigenvalue weighted by Gasteiger charge is 2.36. The summed E-state index contributed by atoms with van der Waals surface area (Å²) in [6.45, 7) is 3.80. The number of benzene rings is 1. The summed E-state index contributed by atoms with van der Waals surface area (Å²) in [6.07, 6.45) is 1.83. The van der Waals surface area contributed by atoms with E-state index >= 15 is 0 Å². The van der Waals surface area contributed by atoms with Gasteiger partial charge in [0, 0.05) is 12.1 Å². The van der Waals surface area contributed by atoms with Crippen LogP contribution in [0.4, 0.5) is 0 Å². The predicted octanol–water partition coefficient (Wildman–Crippen LogP) is 2.83. The van der Waals surface area contributed by atoms with Crippen molar-refractivity contribution in [3.05, 3.63) is 69.5 Å². The monoisotopic (exact) mass is 415 g/mol. The van der Waals surface area contributed by atoms with Gasteiger partial charge in [0.15, 0.2) is 21.0 Å². The molecule has 4 rings (SSSR count). The summed E-state index contributed by atoms with van der Waals surface area (Å²) >= 11 is 0. The number of sulfone groups is 1. The molecule has 1 amide bonds. The molecule has 152 valence electrons. The van der Waals surface area contributed by atoms with Crippen molar-refractivity contribution in [1.82, 2.24) is 4.90 Å². The Bertz CT molecular complexity index is 1240. The Balaban J connectivity index is 1.76. The topological polar surface area (TPSA) is 97.8 Å². The average molecular weight is 415 g/mol. The highest BCUT2D eigenvalue weighted by molar-refractivity contribution is 7.91. The number of carbonyl (C=O) groups is 1. The molecule has 0 unspecified atom stereocenters. The zero-order chi connectivity index (χ0) is 20.8. The first-order valence-electron chi connectivity index (χ1n) is 9.32. The first-order chi connectivity index (χ1) is 13.7. The minimum absolute atomic E-state index is 0.0274. The van der Waals surface area contributed by atoms with Gasteiger partial charge in [-0.3, -0.25) is 9.59 Å². The van der Waals surface area contributed by atoms with E-state index in [1.165, 1.54) is 17.2 Å². The normalized spacial score (nSPS) is 18.2. The van der Waals surface area contributed by atoms with Crippen molar-refractivity contribution in [2.75, 3.05) is 11.5 Å². The Morgan fingerprint density at radius 3 is 2.69 bits per heavy atom. The third-order valence-corrected chi connectivity index (χ3v) is 6.95. The Morgan fingerprint density at radius 2 is 2.03 bits per heavy atom. The Morgan fingerprint density at radius 1 is 1.24 bits per heavy atom. The van der Waals surface area contributed by atoms with E-state index < -0.39 is 21.8 Å². The van der Waals surface area contributed by atoms with Crippen LogP contribution < -0.4 is 5.43 Å². The molecule has 1 saturated heterocycles. The van der Waals surface area contributed by atoms with Crippen molar-refractivity contribution in [2.24, 2.45) is 0 Å². The number of nitrogens with zero attached hydrogens (tertiary/aromatic N) is 1. The Labute approximate surface area is 167 Å². The van der Waals surface area contributed by atoms with Gasteiger partial charge in [0.2, 0.25) is 0 Å².